The summed E-state index contributed by atoms with van der Waals surface area (Å²) < 4.78 is 10.8. The van der Waals surface area contributed by atoms with Gasteiger partial charge in [0.25, 0.3) is 5.91 Å². The highest BCUT2D eigenvalue weighted by Gasteiger charge is 2.21. The second-order valence-electron chi connectivity index (χ2n) is 5.88. The lowest BCUT2D eigenvalue weighted by Gasteiger charge is -2.13. The summed E-state index contributed by atoms with van der Waals surface area (Å²) in [7, 11) is 1.70. The predicted octanol–water partition coefficient (Wildman–Crippen LogP) is 3.90. The Morgan fingerprint density at radius 2 is 2.04 bits per heavy atom. The summed E-state index contributed by atoms with van der Waals surface area (Å²) in [6.07, 6.45) is 0.687. The van der Waals surface area contributed by atoms with Crippen LogP contribution in [0.5, 0.6) is 5.75 Å². The van der Waals surface area contributed by atoms with Crippen LogP contribution in [0.3, 0.4) is 0 Å². The maximum Gasteiger partial charge on any atom is 0.266 e. The van der Waals surface area contributed by atoms with E-state index in [4.69, 9.17) is 20.9 Å². The minimum absolute atomic E-state index is 0.140. The highest BCUT2D eigenvalue weighted by atomic mass is 35.5. The fraction of sp³-hybridized carbons (Fsp3) is 0.333. The van der Waals surface area contributed by atoms with Crippen molar-refractivity contribution in [1.29, 1.82) is 0 Å². The van der Waals surface area contributed by atoms with E-state index < -0.39 is 0 Å². The molecule has 3 rings (SSSR count). The Bertz CT molecular complexity index is 923. The van der Waals surface area contributed by atoms with E-state index >= 15 is 0 Å². The smallest absolute Gasteiger partial charge is 0.266 e. The van der Waals surface area contributed by atoms with Gasteiger partial charge in [0.1, 0.15) is 28.8 Å². The third kappa shape index (κ3) is 4.84. The largest absolute Gasteiger partial charge is 0.486 e. The summed E-state index contributed by atoms with van der Waals surface area (Å²) in [6, 6.07) is 7.10. The fourth-order valence-corrected chi connectivity index (χ4v) is 3.43. The van der Waals surface area contributed by atoms with Crippen LogP contribution < -0.4 is 4.74 Å². The molecule has 7 nitrogen and oxygen atoms in total. The van der Waals surface area contributed by atoms with Crippen LogP contribution in [0, 0.1) is 6.92 Å². The summed E-state index contributed by atoms with van der Waals surface area (Å²) >= 11 is 7.18. The molecule has 9 heteroatoms. The number of halogens is 1. The number of aryl methyl sites for hydroxylation is 2. The summed E-state index contributed by atoms with van der Waals surface area (Å²) in [5.41, 5.74) is 0.673. The molecule has 3 aromatic rings. The number of carbonyl (C=O) groups is 1. The van der Waals surface area contributed by atoms with Gasteiger partial charge in [-0.3, -0.25) is 4.79 Å². The number of carbonyl (C=O) groups excluding carboxylic acids is 1. The lowest BCUT2D eigenvalue weighted by atomic mass is 10.3. The number of hydrogen-bond donors (Lipinski definition) is 0. The first kappa shape index (κ1) is 19.3. The van der Waals surface area contributed by atoms with Gasteiger partial charge >= 0.3 is 0 Å². The van der Waals surface area contributed by atoms with Crippen molar-refractivity contribution in [3.05, 3.63) is 56.6 Å². The molecule has 0 saturated carbocycles. The van der Waals surface area contributed by atoms with Crippen LogP contribution in [0.25, 0.3) is 0 Å². The van der Waals surface area contributed by atoms with E-state index in [1.165, 1.54) is 16.2 Å². The molecule has 0 radical (unpaired) electrons. The number of ether oxygens (including phenoxy) is 1. The van der Waals surface area contributed by atoms with Gasteiger partial charge in [0.15, 0.2) is 5.82 Å². The molecule has 0 saturated heterocycles. The van der Waals surface area contributed by atoms with E-state index in [0.29, 0.717) is 39.5 Å². The number of thiazole rings is 1. The molecule has 1 aromatic carbocycles. The zero-order chi connectivity index (χ0) is 19.4. The number of benzene rings is 1. The predicted molar refractivity (Wildman–Crippen MR) is 102 cm³/mol. The van der Waals surface area contributed by atoms with Crippen LogP contribution in [0.15, 0.2) is 28.8 Å². The molecule has 2 heterocycles. The van der Waals surface area contributed by atoms with Crippen molar-refractivity contribution in [1.82, 2.24) is 20.0 Å². The van der Waals surface area contributed by atoms with Gasteiger partial charge < -0.3 is 14.2 Å². The van der Waals surface area contributed by atoms with Crippen molar-refractivity contribution in [3.8, 4) is 5.75 Å². The normalized spacial score (nSPS) is 10.8. The Morgan fingerprint density at radius 3 is 2.70 bits per heavy atom. The van der Waals surface area contributed by atoms with Crippen LogP contribution in [-0.2, 0) is 19.6 Å². The first-order valence-electron chi connectivity index (χ1n) is 8.38. The van der Waals surface area contributed by atoms with E-state index in [9.17, 15) is 4.79 Å². The quantitative estimate of drug-likeness (QED) is 0.591. The lowest BCUT2D eigenvalue weighted by molar-refractivity contribution is 0.0773. The number of amides is 1. The molecule has 1 amide bonds. The zero-order valence-corrected chi connectivity index (χ0v) is 16.8. The average molecular weight is 407 g/mol. The van der Waals surface area contributed by atoms with Crippen LogP contribution >= 0.6 is 22.9 Å². The minimum Gasteiger partial charge on any atom is -0.486 e. The first-order valence-corrected chi connectivity index (χ1v) is 9.57. The molecule has 0 atom stereocenters. The molecule has 0 N–H and O–H groups in total. The SMILES string of the molecule is CCc1noc(CN(C)C(=O)c2sc(COc3ccc(Cl)cc3)nc2C)n1. The van der Waals surface area contributed by atoms with Gasteiger partial charge in [-0.05, 0) is 31.2 Å². The van der Waals surface area contributed by atoms with Crippen molar-refractivity contribution >= 4 is 28.8 Å². The minimum atomic E-state index is -0.140. The van der Waals surface area contributed by atoms with E-state index in [1.54, 1.807) is 31.3 Å². The number of rotatable bonds is 7. The van der Waals surface area contributed by atoms with Gasteiger partial charge in [-0.1, -0.05) is 23.7 Å². The molecule has 0 aliphatic heterocycles. The maximum atomic E-state index is 12.7. The van der Waals surface area contributed by atoms with Crippen LogP contribution in [-0.4, -0.2) is 33.0 Å². The first-order chi connectivity index (χ1) is 13.0. The van der Waals surface area contributed by atoms with E-state index in [1.807, 2.05) is 13.8 Å². The van der Waals surface area contributed by atoms with Gasteiger partial charge in [0.2, 0.25) is 5.89 Å². The lowest BCUT2D eigenvalue weighted by Crippen LogP contribution is -2.26. The van der Waals surface area contributed by atoms with Gasteiger partial charge in [0, 0.05) is 18.5 Å². The number of aromatic nitrogens is 3. The number of hydrogen-bond acceptors (Lipinski definition) is 7. The Kier molecular flexibility index (Phi) is 6.08. The van der Waals surface area contributed by atoms with Crippen LogP contribution in [0.2, 0.25) is 5.02 Å². The van der Waals surface area contributed by atoms with E-state index in [-0.39, 0.29) is 19.1 Å². The zero-order valence-electron chi connectivity index (χ0n) is 15.2. The Balaban J connectivity index is 1.63. The average Bonchev–Trinajstić information content (AvgIpc) is 3.26. The van der Waals surface area contributed by atoms with Gasteiger partial charge in [-0.2, -0.15) is 4.98 Å². The van der Waals surface area contributed by atoms with E-state index in [0.717, 1.165) is 5.01 Å². The van der Waals surface area contributed by atoms with Crippen LogP contribution in [0.4, 0.5) is 0 Å². The second-order valence-corrected chi connectivity index (χ2v) is 7.40. The molecule has 0 spiro atoms. The molecule has 0 aliphatic carbocycles. The van der Waals surface area contributed by atoms with Gasteiger partial charge in [-0.15, -0.1) is 11.3 Å². The van der Waals surface area contributed by atoms with Gasteiger partial charge in [0.05, 0.1) is 5.69 Å². The van der Waals surface area contributed by atoms with Crippen molar-refractivity contribution in [2.24, 2.45) is 0 Å². The van der Waals surface area contributed by atoms with E-state index in [2.05, 4.69) is 15.1 Å². The monoisotopic (exact) mass is 406 g/mol. The fourth-order valence-electron chi connectivity index (χ4n) is 2.33. The highest BCUT2D eigenvalue weighted by Crippen LogP contribution is 2.23. The van der Waals surface area contributed by atoms with Crippen molar-refractivity contribution < 1.29 is 14.1 Å². The molecule has 0 fully saturated rings. The van der Waals surface area contributed by atoms with Crippen molar-refractivity contribution in [3.63, 3.8) is 0 Å². The standard InChI is InChI=1S/C18H19ClN4O3S/c1-4-14-21-15(26-22-14)9-23(3)18(24)17-11(2)20-16(27-17)10-25-13-7-5-12(19)6-8-13/h5-8H,4,9-10H2,1-3H3. The molecule has 2 aromatic heterocycles. The summed E-state index contributed by atoms with van der Waals surface area (Å²) in [4.78, 5) is 23.5. The Morgan fingerprint density at radius 1 is 1.30 bits per heavy atom. The molecule has 142 valence electrons. The third-order valence-electron chi connectivity index (χ3n) is 3.76. The van der Waals surface area contributed by atoms with Crippen LogP contribution in [0.1, 0.15) is 39.0 Å². The number of nitrogens with zero attached hydrogens (tertiary/aromatic N) is 4. The molecule has 0 unspecified atom stereocenters. The molecular weight excluding hydrogens is 388 g/mol. The topological polar surface area (TPSA) is 81.4 Å². The maximum absolute atomic E-state index is 12.7. The molecule has 27 heavy (non-hydrogen) atoms. The summed E-state index contributed by atoms with van der Waals surface area (Å²) in [6.45, 7) is 4.29. The van der Waals surface area contributed by atoms with Gasteiger partial charge in [-0.25, -0.2) is 4.98 Å². The van der Waals surface area contributed by atoms with Crippen molar-refractivity contribution in [2.45, 2.75) is 33.4 Å². The highest BCUT2D eigenvalue weighted by molar-refractivity contribution is 7.13. The van der Waals surface area contributed by atoms with Crippen molar-refractivity contribution in [2.75, 3.05) is 7.05 Å². The Hall–Kier alpha value is -2.45. The third-order valence-corrected chi connectivity index (χ3v) is 5.13. The summed E-state index contributed by atoms with van der Waals surface area (Å²) in [5, 5.41) is 5.22. The second kappa shape index (κ2) is 8.49. The molecule has 0 bridgehead atoms. The Labute approximate surface area is 165 Å². The summed E-state index contributed by atoms with van der Waals surface area (Å²) in [5.74, 6) is 1.59. The molecular formula is C18H19ClN4O3S. The molecule has 0 aliphatic rings.